The van der Waals surface area contributed by atoms with Gasteiger partial charge in [-0.25, -0.2) is 4.98 Å². The Labute approximate surface area is 148 Å². The summed E-state index contributed by atoms with van der Waals surface area (Å²) in [6.45, 7) is 7.85. The van der Waals surface area contributed by atoms with Crippen molar-refractivity contribution in [1.29, 1.82) is 0 Å². The van der Waals surface area contributed by atoms with E-state index in [2.05, 4.69) is 70.7 Å². The Balaban J connectivity index is 1.82. The predicted octanol–water partition coefficient (Wildman–Crippen LogP) is 2.95. The van der Waals surface area contributed by atoms with Gasteiger partial charge in [0.1, 0.15) is 5.01 Å². The molecular weight excluding hydrogens is 318 g/mol. The molecule has 1 aromatic carbocycles. The Kier molecular flexibility index (Phi) is 6.61. The number of nitrogens with one attached hydrogen (secondary N) is 2. The molecule has 1 atom stereocenters. The number of hydrogen-bond donors (Lipinski definition) is 2. The number of nitrogens with zero attached hydrogens (tertiary/aromatic N) is 3. The van der Waals surface area contributed by atoms with Crippen LogP contribution >= 0.6 is 11.3 Å². The molecule has 130 valence electrons. The van der Waals surface area contributed by atoms with Crippen molar-refractivity contribution in [2.24, 2.45) is 4.99 Å². The monoisotopic (exact) mass is 345 g/mol. The maximum Gasteiger partial charge on any atom is 0.191 e. The van der Waals surface area contributed by atoms with E-state index in [-0.39, 0.29) is 0 Å². The van der Waals surface area contributed by atoms with E-state index in [1.165, 1.54) is 10.6 Å². The third-order valence-electron chi connectivity index (χ3n) is 4.09. The van der Waals surface area contributed by atoms with E-state index in [4.69, 9.17) is 0 Å². The van der Waals surface area contributed by atoms with Crippen LogP contribution in [0.15, 0.2) is 35.3 Å². The number of aromatic nitrogens is 1. The van der Waals surface area contributed by atoms with Gasteiger partial charge in [0.25, 0.3) is 0 Å². The van der Waals surface area contributed by atoms with E-state index in [9.17, 15) is 0 Å². The molecular formula is C18H27N5S. The number of benzene rings is 1. The minimum Gasteiger partial charge on any atom is -0.370 e. The molecule has 0 amide bonds. The van der Waals surface area contributed by atoms with E-state index < -0.39 is 0 Å². The highest BCUT2D eigenvalue weighted by Gasteiger charge is 2.11. The first kappa shape index (κ1) is 18.3. The van der Waals surface area contributed by atoms with Gasteiger partial charge >= 0.3 is 0 Å². The Morgan fingerprint density at radius 3 is 2.54 bits per heavy atom. The van der Waals surface area contributed by atoms with Gasteiger partial charge < -0.3 is 15.5 Å². The van der Waals surface area contributed by atoms with Crippen molar-refractivity contribution in [2.45, 2.75) is 33.4 Å². The minimum atomic E-state index is 0.343. The van der Waals surface area contributed by atoms with Crippen LogP contribution in [0, 0.1) is 13.8 Å². The zero-order valence-electron chi connectivity index (χ0n) is 15.1. The second-order valence-corrected chi connectivity index (χ2v) is 7.14. The van der Waals surface area contributed by atoms with Crippen molar-refractivity contribution >= 4 is 23.0 Å². The van der Waals surface area contributed by atoms with E-state index >= 15 is 0 Å². The highest BCUT2D eigenvalue weighted by Crippen LogP contribution is 2.16. The predicted molar refractivity (Wildman–Crippen MR) is 104 cm³/mol. The second-order valence-electron chi connectivity index (χ2n) is 5.85. The van der Waals surface area contributed by atoms with Crippen LogP contribution in [0.3, 0.4) is 0 Å². The van der Waals surface area contributed by atoms with Crippen LogP contribution in [-0.4, -0.2) is 37.6 Å². The summed E-state index contributed by atoms with van der Waals surface area (Å²) < 4.78 is 0. The van der Waals surface area contributed by atoms with Crippen molar-refractivity contribution in [3.63, 3.8) is 0 Å². The van der Waals surface area contributed by atoms with E-state index in [1.54, 1.807) is 18.4 Å². The van der Waals surface area contributed by atoms with E-state index in [1.807, 2.05) is 13.0 Å². The van der Waals surface area contributed by atoms with Crippen molar-refractivity contribution in [1.82, 2.24) is 15.6 Å². The molecule has 24 heavy (non-hydrogen) atoms. The molecule has 0 saturated heterocycles. The quantitative estimate of drug-likeness (QED) is 0.624. The summed E-state index contributed by atoms with van der Waals surface area (Å²) in [7, 11) is 3.90. The van der Waals surface area contributed by atoms with Gasteiger partial charge in [0, 0.05) is 37.2 Å². The number of guanidine groups is 1. The highest BCUT2D eigenvalue weighted by atomic mass is 32.1. The van der Waals surface area contributed by atoms with E-state index in [0.717, 1.165) is 23.2 Å². The molecule has 1 heterocycles. The lowest BCUT2D eigenvalue weighted by atomic mass is 10.2. The maximum absolute atomic E-state index is 4.54. The SMILES string of the molecule is CN=C(NCc1nc(C)c(C)s1)NCC(C)N(C)c1ccccc1. The van der Waals surface area contributed by atoms with Crippen molar-refractivity contribution in [3.05, 3.63) is 45.9 Å². The Morgan fingerprint density at radius 2 is 1.96 bits per heavy atom. The lowest BCUT2D eigenvalue weighted by Gasteiger charge is -2.27. The fourth-order valence-electron chi connectivity index (χ4n) is 2.29. The van der Waals surface area contributed by atoms with Gasteiger partial charge in [0.15, 0.2) is 5.96 Å². The second kappa shape index (κ2) is 8.68. The molecule has 0 fully saturated rings. The molecule has 2 N–H and O–H groups in total. The maximum atomic E-state index is 4.54. The standard InChI is InChI=1S/C18H27N5S/c1-13(23(5)16-9-7-6-8-10-16)11-20-18(19-4)21-12-17-22-14(2)15(3)24-17/h6-10,13H,11-12H2,1-5H3,(H2,19,20,21). The summed E-state index contributed by atoms with van der Waals surface area (Å²) >= 11 is 1.73. The zero-order chi connectivity index (χ0) is 17.5. The first-order valence-corrected chi connectivity index (χ1v) is 8.98. The first-order chi connectivity index (χ1) is 11.5. The Bertz CT molecular complexity index is 646. The fourth-order valence-corrected chi connectivity index (χ4v) is 3.17. The number of rotatable bonds is 6. The van der Waals surface area contributed by atoms with Gasteiger partial charge in [-0.1, -0.05) is 18.2 Å². The molecule has 5 nitrogen and oxygen atoms in total. The average molecular weight is 346 g/mol. The summed E-state index contributed by atoms with van der Waals surface area (Å²) in [5.74, 6) is 0.800. The summed E-state index contributed by atoms with van der Waals surface area (Å²) in [6, 6.07) is 10.7. The molecule has 1 unspecified atom stereocenters. The lowest BCUT2D eigenvalue weighted by Crippen LogP contribution is -2.44. The van der Waals surface area contributed by atoms with Gasteiger partial charge in [-0.15, -0.1) is 11.3 Å². The van der Waals surface area contributed by atoms with Gasteiger partial charge in [-0.05, 0) is 32.9 Å². The largest absolute Gasteiger partial charge is 0.370 e. The zero-order valence-corrected chi connectivity index (χ0v) is 15.9. The number of aryl methyl sites for hydroxylation is 2. The van der Waals surface area contributed by atoms with Crippen molar-refractivity contribution in [2.75, 3.05) is 25.5 Å². The van der Waals surface area contributed by atoms with Crippen LogP contribution < -0.4 is 15.5 Å². The average Bonchev–Trinajstić information content (AvgIpc) is 2.93. The summed E-state index contributed by atoms with van der Waals surface area (Å²) in [5, 5.41) is 7.80. The van der Waals surface area contributed by atoms with Crippen LogP contribution in [0.5, 0.6) is 0 Å². The minimum absolute atomic E-state index is 0.343. The summed E-state index contributed by atoms with van der Waals surface area (Å²) in [5.41, 5.74) is 2.32. The molecule has 0 bridgehead atoms. The molecule has 0 aliphatic rings. The number of thiazole rings is 1. The lowest BCUT2D eigenvalue weighted by molar-refractivity contribution is 0.648. The molecule has 0 aliphatic heterocycles. The molecule has 0 radical (unpaired) electrons. The topological polar surface area (TPSA) is 52.6 Å². The van der Waals surface area contributed by atoms with Crippen molar-refractivity contribution < 1.29 is 0 Å². The summed E-state index contributed by atoms with van der Waals surface area (Å²) in [4.78, 5) is 12.4. The van der Waals surface area contributed by atoms with Crippen molar-refractivity contribution in [3.8, 4) is 0 Å². The van der Waals surface area contributed by atoms with Gasteiger partial charge in [-0.2, -0.15) is 0 Å². The number of anilines is 1. The summed E-state index contributed by atoms with van der Waals surface area (Å²) in [6.07, 6.45) is 0. The van der Waals surface area contributed by atoms with Crippen LogP contribution in [0.4, 0.5) is 5.69 Å². The Hall–Kier alpha value is -2.08. The molecule has 2 rings (SSSR count). The van der Waals surface area contributed by atoms with E-state index in [0.29, 0.717) is 12.6 Å². The molecule has 0 spiro atoms. The third-order valence-corrected chi connectivity index (χ3v) is 5.17. The number of likely N-dealkylation sites (N-methyl/N-ethyl adjacent to an activating group) is 1. The van der Waals surface area contributed by atoms with Crippen LogP contribution in [0.2, 0.25) is 0 Å². The molecule has 0 saturated carbocycles. The molecule has 0 aliphatic carbocycles. The van der Waals surface area contributed by atoms with Gasteiger partial charge in [-0.3, -0.25) is 4.99 Å². The van der Waals surface area contributed by atoms with Crippen LogP contribution in [0.1, 0.15) is 22.5 Å². The van der Waals surface area contributed by atoms with Gasteiger partial charge in [0.2, 0.25) is 0 Å². The Morgan fingerprint density at radius 1 is 1.25 bits per heavy atom. The normalized spacial score (nSPS) is 12.8. The van der Waals surface area contributed by atoms with Crippen LogP contribution in [-0.2, 0) is 6.54 Å². The number of para-hydroxylation sites is 1. The number of hydrogen-bond acceptors (Lipinski definition) is 4. The highest BCUT2D eigenvalue weighted by molar-refractivity contribution is 7.11. The molecule has 1 aromatic heterocycles. The third kappa shape index (κ3) is 4.96. The fraction of sp³-hybridized carbons (Fsp3) is 0.444. The molecule has 2 aromatic rings. The van der Waals surface area contributed by atoms with Crippen LogP contribution in [0.25, 0.3) is 0 Å². The first-order valence-electron chi connectivity index (χ1n) is 8.16. The van der Waals surface area contributed by atoms with Gasteiger partial charge in [0.05, 0.1) is 12.2 Å². The number of aliphatic imine (C=N–C) groups is 1. The smallest absolute Gasteiger partial charge is 0.191 e. The molecule has 6 heteroatoms.